The highest BCUT2D eigenvalue weighted by Gasteiger charge is 2.33. The Hall–Kier alpha value is -2.16. The third-order valence-electron chi connectivity index (χ3n) is 8.95. The summed E-state index contributed by atoms with van der Waals surface area (Å²) < 4.78 is 28.2. The highest BCUT2D eigenvalue weighted by molar-refractivity contribution is 8.55. The van der Waals surface area contributed by atoms with Gasteiger partial charge in [-0.2, -0.15) is 0 Å². The Morgan fingerprint density at radius 2 is 0.787 bits per heavy atom. The molecule has 0 heterocycles. The van der Waals surface area contributed by atoms with Gasteiger partial charge in [-0.05, 0) is 73.4 Å². The number of rotatable bonds is 27. The van der Waals surface area contributed by atoms with Gasteiger partial charge in [0.05, 0.1) is 0 Å². The number of para-hydroxylation sites is 2. The lowest BCUT2D eigenvalue weighted by atomic mass is 10.0. The Bertz CT molecular complexity index is 1140. The maximum absolute atomic E-state index is 15.0. The van der Waals surface area contributed by atoms with Gasteiger partial charge in [-0.25, -0.2) is 4.57 Å². The fourth-order valence-electron chi connectivity index (χ4n) is 6.10. The van der Waals surface area contributed by atoms with E-state index in [0.29, 0.717) is 11.5 Å². The van der Waals surface area contributed by atoms with E-state index in [0.717, 1.165) is 54.5 Å². The van der Waals surface area contributed by atoms with Crippen molar-refractivity contribution in [2.24, 2.45) is 0 Å². The molecule has 3 rings (SSSR count). The molecule has 0 bridgehead atoms. The smallest absolute Gasteiger partial charge is 0.408 e. The lowest BCUT2D eigenvalue weighted by molar-refractivity contribution is 0.403. The summed E-state index contributed by atoms with van der Waals surface area (Å²) in [7, 11) is 0. The second kappa shape index (κ2) is 24.0. The van der Waals surface area contributed by atoms with Gasteiger partial charge >= 0.3 is 6.80 Å². The summed E-state index contributed by atoms with van der Waals surface area (Å²) in [6.45, 7) is 3.06. The van der Waals surface area contributed by atoms with E-state index >= 15 is 4.57 Å². The van der Waals surface area contributed by atoms with Crippen LogP contribution >= 0.6 is 18.2 Å². The van der Waals surface area contributed by atoms with Crippen molar-refractivity contribution < 1.29 is 13.6 Å². The first-order chi connectivity index (χ1) is 23.1. The zero-order valence-electron chi connectivity index (χ0n) is 29.9. The molecule has 47 heavy (non-hydrogen) atoms. The molecule has 0 amide bonds. The molecule has 3 aromatic rings. The molecule has 0 aliphatic rings. The SMILES string of the molecule is CCCCCCCCc1ccccc1OP(=O)(Oc1ccccc1CCCCCCCC)Sc1ccccc1CCCCCCCC. The van der Waals surface area contributed by atoms with Crippen LogP contribution in [0.4, 0.5) is 0 Å². The standard InChI is InChI=1S/C42H63O3PS/c1-4-7-10-13-16-19-28-37-30-22-25-34-40(37)44-46(43,45-41-35-26-23-31-38(41)29-20-17-14-11-8-5-2)47-42-36-27-24-33-39(42)32-21-18-15-12-9-6-3/h22-27,30-31,33-36H,4-21,28-29,32H2,1-3H3. The van der Waals surface area contributed by atoms with Crippen molar-refractivity contribution in [1.29, 1.82) is 0 Å². The van der Waals surface area contributed by atoms with Gasteiger partial charge in [0.15, 0.2) is 0 Å². The summed E-state index contributed by atoms with van der Waals surface area (Å²) in [6.07, 6.45) is 25.2. The second-order valence-electron chi connectivity index (χ2n) is 13.1. The van der Waals surface area contributed by atoms with E-state index in [1.54, 1.807) is 0 Å². The lowest BCUT2D eigenvalue weighted by Crippen LogP contribution is -2.03. The predicted molar refractivity (Wildman–Crippen MR) is 205 cm³/mol. The number of unbranched alkanes of at least 4 members (excludes halogenated alkanes) is 15. The van der Waals surface area contributed by atoms with Crippen LogP contribution in [0.2, 0.25) is 0 Å². The van der Waals surface area contributed by atoms with Gasteiger partial charge in [0, 0.05) is 16.3 Å². The Labute approximate surface area is 292 Å². The average Bonchev–Trinajstić information content (AvgIpc) is 3.08. The molecule has 0 fully saturated rings. The van der Waals surface area contributed by atoms with Crippen LogP contribution in [0.25, 0.3) is 0 Å². The summed E-state index contributed by atoms with van der Waals surface area (Å²) in [5, 5.41) is 0. The molecule has 0 aromatic heterocycles. The monoisotopic (exact) mass is 678 g/mol. The van der Waals surface area contributed by atoms with Gasteiger partial charge in [-0.15, -0.1) is 0 Å². The number of hydrogen-bond donors (Lipinski definition) is 0. The van der Waals surface area contributed by atoms with Crippen LogP contribution in [0.15, 0.2) is 77.7 Å². The Morgan fingerprint density at radius 1 is 0.447 bits per heavy atom. The van der Waals surface area contributed by atoms with E-state index < -0.39 is 6.80 Å². The normalized spacial score (nSPS) is 11.6. The highest BCUT2D eigenvalue weighted by Crippen LogP contribution is 2.63. The predicted octanol–water partition coefficient (Wildman–Crippen LogP) is 14.8. The van der Waals surface area contributed by atoms with Crippen LogP contribution in [0.3, 0.4) is 0 Å². The summed E-state index contributed by atoms with van der Waals surface area (Å²) in [6, 6.07) is 24.6. The Kier molecular flexibility index (Phi) is 20.1. The van der Waals surface area contributed by atoms with Crippen molar-refractivity contribution in [1.82, 2.24) is 0 Å². The van der Waals surface area contributed by atoms with E-state index in [4.69, 9.17) is 9.05 Å². The van der Waals surface area contributed by atoms with Gasteiger partial charge < -0.3 is 9.05 Å². The van der Waals surface area contributed by atoms with Crippen LogP contribution in [-0.2, 0) is 23.8 Å². The molecule has 3 aromatic carbocycles. The summed E-state index contributed by atoms with van der Waals surface area (Å²) in [5.41, 5.74) is 3.43. The van der Waals surface area contributed by atoms with E-state index in [1.807, 2.05) is 30.3 Å². The number of hydrogen-bond acceptors (Lipinski definition) is 4. The van der Waals surface area contributed by atoms with E-state index in [1.165, 1.54) is 113 Å². The molecule has 260 valence electrons. The van der Waals surface area contributed by atoms with E-state index in [2.05, 4.69) is 63.2 Å². The molecule has 0 aliphatic heterocycles. The minimum atomic E-state index is -3.71. The van der Waals surface area contributed by atoms with Crippen LogP contribution in [0, 0.1) is 0 Å². The fourth-order valence-corrected chi connectivity index (χ4v) is 9.68. The van der Waals surface area contributed by atoms with Crippen molar-refractivity contribution in [3.63, 3.8) is 0 Å². The van der Waals surface area contributed by atoms with Crippen molar-refractivity contribution >= 4 is 18.2 Å². The van der Waals surface area contributed by atoms with Crippen LogP contribution in [0.5, 0.6) is 11.5 Å². The third kappa shape index (κ3) is 15.7. The first-order valence-electron chi connectivity index (χ1n) is 19.0. The maximum Gasteiger partial charge on any atom is 0.497 e. The maximum atomic E-state index is 15.0. The fraction of sp³-hybridized carbons (Fsp3) is 0.571. The van der Waals surface area contributed by atoms with Crippen molar-refractivity contribution in [2.45, 2.75) is 161 Å². The minimum absolute atomic E-state index is 0.679. The molecular formula is C42H63O3PS. The van der Waals surface area contributed by atoms with Crippen molar-refractivity contribution in [2.75, 3.05) is 0 Å². The second-order valence-corrected chi connectivity index (χ2v) is 16.9. The topological polar surface area (TPSA) is 35.5 Å². The summed E-state index contributed by atoms with van der Waals surface area (Å²) in [5.74, 6) is 1.36. The third-order valence-corrected chi connectivity index (χ3v) is 12.3. The van der Waals surface area contributed by atoms with E-state index in [9.17, 15) is 0 Å². The van der Waals surface area contributed by atoms with Gasteiger partial charge in [0.25, 0.3) is 0 Å². The van der Waals surface area contributed by atoms with Gasteiger partial charge in [-0.3, -0.25) is 0 Å². The molecule has 0 radical (unpaired) electrons. The van der Waals surface area contributed by atoms with Crippen LogP contribution < -0.4 is 9.05 Å². The molecule has 0 spiro atoms. The van der Waals surface area contributed by atoms with Crippen LogP contribution in [0.1, 0.15) is 153 Å². The zero-order valence-corrected chi connectivity index (χ0v) is 31.6. The minimum Gasteiger partial charge on any atom is -0.408 e. The molecule has 0 atom stereocenters. The quantitative estimate of drug-likeness (QED) is 0.0594. The number of benzene rings is 3. The molecule has 0 saturated heterocycles. The van der Waals surface area contributed by atoms with Gasteiger partial charge in [0.2, 0.25) is 0 Å². The molecule has 3 nitrogen and oxygen atoms in total. The summed E-state index contributed by atoms with van der Waals surface area (Å²) in [4.78, 5) is 0.992. The zero-order chi connectivity index (χ0) is 33.4. The number of aryl methyl sites for hydroxylation is 3. The van der Waals surface area contributed by atoms with Crippen LogP contribution in [-0.4, -0.2) is 0 Å². The Morgan fingerprint density at radius 3 is 1.23 bits per heavy atom. The molecule has 0 aliphatic carbocycles. The Balaban J connectivity index is 1.81. The largest absolute Gasteiger partial charge is 0.497 e. The molecular weight excluding hydrogens is 616 g/mol. The first-order valence-corrected chi connectivity index (χ1v) is 22.0. The molecule has 0 saturated carbocycles. The summed E-state index contributed by atoms with van der Waals surface area (Å²) >= 11 is 1.28. The van der Waals surface area contributed by atoms with Gasteiger partial charge in [-0.1, -0.05) is 172 Å². The average molecular weight is 679 g/mol. The molecule has 5 heteroatoms. The van der Waals surface area contributed by atoms with Gasteiger partial charge in [0.1, 0.15) is 11.5 Å². The molecule has 0 unspecified atom stereocenters. The highest BCUT2D eigenvalue weighted by atomic mass is 32.7. The van der Waals surface area contributed by atoms with E-state index in [-0.39, 0.29) is 0 Å². The first kappa shape index (κ1) is 39.3. The van der Waals surface area contributed by atoms with Crippen molar-refractivity contribution in [3.05, 3.63) is 89.5 Å². The lowest BCUT2D eigenvalue weighted by Gasteiger charge is -2.23. The molecule has 0 N–H and O–H groups in total. The van der Waals surface area contributed by atoms with Crippen molar-refractivity contribution in [3.8, 4) is 11.5 Å².